The van der Waals surface area contributed by atoms with Crippen molar-refractivity contribution < 1.29 is 18.3 Å². The van der Waals surface area contributed by atoms with Crippen molar-refractivity contribution in [2.45, 2.75) is 6.42 Å². The molecule has 0 bridgehead atoms. The summed E-state index contributed by atoms with van der Waals surface area (Å²) in [6, 6.07) is 2.16. The van der Waals surface area contributed by atoms with Gasteiger partial charge in [-0.2, -0.15) is 0 Å². The van der Waals surface area contributed by atoms with Gasteiger partial charge in [-0.3, -0.25) is 4.79 Å². The molecule has 0 spiro atoms. The normalized spacial score (nSPS) is 9.25. The molecular formula is C11H7ClF2O2. The molecule has 84 valence electrons. The molecule has 0 radical (unpaired) electrons. The number of benzene rings is 1. The number of hydrogen-bond donors (Lipinski definition) is 0. The van der Waals surface area contributed by atoms with Gasteiger partial charge in [0.1, 0.15) is 17.3 Å². The van der Waals surface area contributed by atoms with E-state index in [1.54, 1.807) is 0 Å². The summed E-state index contributed by atoms with van der Waals surface area (Å²) in [5, 5.41) is -0.607. The largest absolute Gasteiger partial charge is 0.468 e. The van der Waals surface area contributed by atoms with Gasteiger partial charge in [-0.1, -0.05) is 23.4 Å². The first kappa shape index (κ1) is 12.5. The molecule has 0 saturated heterocycles. The van der Waals surface area contributed by atoms with Crippen LogP contribution in [0.4, 0.5) is 8.78 Å². The first-order chi connectivity index (χ1) is 7.56. The van der Waals surface area contributed by atoms with Crippen LogP contribution in [-0.4, -0.2) is 13.1 Å². The molecule has 0 heterocycles. The summed E-state index contributed by atoms with van der Waals surface area (Å²) in [6.07, 6.45) is -0.162. The van der Waals surface area contributed by atoms with Crippen molar-refractivity contribution in [2.75, 3.05) is 7.11 Å². The van der Waals surface area contributed by atoms with E-state index in [-0.39, 0.29) is 12.0 Å². The average molecular weight is 245 g/mol. The second kappa shape index (κ2) is 5.47. The Morgan fingerprint density at radius 1 is 1.50 bits per heavy atom. The lowest BCUT2D eigenvalue weighted by Crippen LogP contribution is -1.97. The van der Waals surface area contributed by atoms with Crippen LogP contribution >= 0.6 is 11.6 Å². The van der Waals surface area contributed by atoms with Crippen molar-refractivity contribution in [2.24, 2.45) is 0 Å². The van der Waals surface area contributed by atoms with Crippen LogP contribution < -0.4 is 0 Å². The SMILES string of the molecule is COC(=O)CC#Cc1ccc(F)c(Cl)c1F. The second-order valence-corrected chi connectivity index (χ2v) is 3.16. The van der Waals surface area contributed by atoms with E-state index in [2.05, 4.69) is 16.6 Å². The summed E-state index contributed by atoms with van der Waals surface area (Å²) in [5.74, 6) is 2.46. The molecule has 1 aromatic rings. The fourth-order valence-corrected chi connectivity index (χ4v) is 1.07. The lowest BCUT2D eigenvalue weighted by atomic mass is 10.2. The van der Waals surface area contributed by atoms with Gasteiger partial charge < -0.3 is 4.74 Å². The van der Waals surface area contributed by atoms with Crippen LogP contribution in [0.25, 0.3) is 0 Å². The van der Waals surface area contributed by atoms with E-state index in [1.165, 1.54) is 7.11 Å². The number of carbonyl (C=O) groups excluding carboxylic acids is 1. The van der Waals surface area contributed by atoms with Crippen LogP contribution in [0.2, 0.25) is 5.02 Å². The highest BCUT2D eigenvalue weighted by atomic mass is 35.5. The van der Waals surface area contributed by atoms with Crippen molar-refractivity contribution in [3.63, 3.8) is 0 Å². The number of methoxy groups -OCH3 is 1. The van der Waals surface area contributed by atoms with Crippen LogP contribution in [0.15, 0.2) is 12.1 Å². The van der Waals surface area contributed by atoms with E-state index in [0.29, 0.717) is 0 Å². The number of carbonyl (C=O) groups is 1. The minimum Gasteiger partial charge on any atom is -0.468 e. The average Bonchev–Trinajstić information content (AvgIpc) is 2.29. The minimum atomic E-state index is -0.931. The molecule has 1 aromatic carbocycles. The van der Waals surface area contributed by atoms with Crippen molar-refractivity contribution in [1.29, 1.82) is 0 Å². The Morgan fingerprint density at radius 2 is 2.19 bits per heavy atom. The zero-order valence-corrected chi connectivity index (χ0v) is 9.07. The van der Waals surface area contributed by atoms with Gasteiger partial charge in [-0.15, -0.1) is 0 Å². The zero-order valence-electron chi connectivity index (χ0n) is 8.31. The number of hydrogen-bond acceptors (Lipinski definition) is 2. The highest BCUT2D eigenvalue weighted by Crippen LogP contribution is 2.21. The topological polar surface area (TPSA) is 26.3 Å². The molecule has 5 heteroatoms. The highest BCUT2D eigenvalue weighted by molar-refractivity contribution is 6.31. The van der Waals surface area contributed by atoms with Crippen molar-refractivity contribution >= 4 is 17.6 Å². The smallest absolute Gasteiger partial charge is 0.317 e. The van der Waals surface area contributed by atoms with Gasteiger partial charge in [0.15, 0.2) is 5.82 Å². The highest BCUT2D eigenvalue weighted by Gasteiger charge is 2.09. The Morgan fingerprint density at radius 3 is 2.81 bits per heavy atom. The van der Waals surface area contributed by atoms with Crippen LogP contribution in [0.1, 0.15) is 12.0 Å². The van der Waals surface area contributed by atoms with E-state index in [4.69, 9.17) is 11.6 Å². The zero-order chi connectivity index (χ0) is 12.1. The Kier molecular flexibility index (Phi) is 4.27. The Hall–Kier alpha value is -1.60. The van der Waals surface area contributed by atoms with Gasteiger partial charge in [0.25, 0.3) is 0 Å². The Labute approximate surface area is 96.2 Å². The lowest BCUT2D eigenvalue weighted by molar-refractivity contribution is -0.139. The fourth-order valence-electron chi connectivity index (χ4n) is 0.906. The van der Waals surface area contributed by atoms with Gasteiger partial charge in [0.2, 0.25) is 0 Å². The van der Waals surface area contributed by atoms with E-state index in [9.17, 15) is 13.6 Å². The molecule has 0 aliphatic carbocycles. The van der Waals surface area contributed by atoms with Crippen molar-refractivity contribution in [3.05, 3.63) is 34.4 Å². The van der Waals surface area contributed by atoms with Gasteiger partial charge in [0, 0.05) is 0 Å². The maximum atomic E-state index is 13.3. The maximum Gasteiger partial charge on any atom is 0.317 e. The summed E-state index contributed by atoms with van der Waals surface area (Å²) in [7, 11) is 1.22. The molecule has 0 fully saturated rings. The third-order valence-corrected chi connectivity index (χ3v) is 2.07. The maximum absolute atomic E-state index is 13.3. The van der Waals surface area contributed by atoms with E-state index in [1.807, 2.05) is 0 Å². The summed E-state index contributed by atoms with van der Waals surface area (Å²) in [4.78, 5) is 10.7. The van der Waals surface area contributed by atoms with Gasteiger partial charge in [-0.05, 0) is 12.1 Å². The van der Waals surface area contributed by atoms with Crippen LogP contribution in [-0.2, 0) is 9.53 Å². The van der Waals surface area contributed by atoms with Crippen LogP contribution in [0.3, 0.4) is 0 Å². The summed E-state index contributed by atoms with van der Waals surface area (Å²) < 4.78 is 30.4. The molecule has 0 atom stereocenters. The van der Waals surface area contributed by atoms with E-state index in [0.717, 1.165) is 12.1 Å². The van der Waals surface area contributed by atoms with E-state index < -0.39 is 22.6 Å². The first-order valence-corrected chi connectivity index (χ1v) is 4.63. The van der Waals surface area contributed by atoms with Gasteiger partial charge >= 0.3 is 5.97 Å². The lowest BCUT2D eigenvalue weighted by Gasteiger charge is -1.98. The monoisotopic (exact) mass is 244 g/mol. The molecule has 0 amide bonds. The second-order valence-electron chi connectivity index (χ2n) is 2.78. The molecular weight excluding hydrogens is 238 g/mol. The van der Waals surface area contributed by atoms with Gasteiger partial charge in [0.05, 0.1) is 12.7 Å². The molecule has 2 nitrogen and oxygen atoms in total. The molecule has 0 saturated carbocycles. The number of rotatable bonds is 1. The molecule has 16 heavy (non-hydrogen) atoms. The molecule has 0 aliphatic heterocycles. The predicted molar refractivity (Wildman–Crippen MR) is 54.9 cm³/mol. The Bertz CT molecular complexity index is 475. The summed E-state index contributed by atoms with van der Waals surface area (Å²) in [6.45, 7) is 0. The molecule has 1 rings (SSSR count). The quantitative estimate of drug-likeness (QED) is 0.431. The molecule has 0 aliphatic rings. The number of halogens is 3. The molecule has 0 aromatic heterocycles. The molecule has 0 N–H and O–H groups in total. The third-order valence-electron chi connectivity index (χ3n) is 1.72. The van der Waals surface area contributed by atoms with Gasteiger partial charge in [-0.25, -0.2) is 8.78 Å². The fraction of sp³-hybridized carbons (Fsp3) is 0.182. The first-order valence-electron chi connectivity index (χ1n) is 4.25. The minimum absolute atomic E-state index is 0.0599. The van der Waals surface area contributed by atoms with E-state index >= 15 is 0 Å². The van der Waals surface area contributed by atoms with Crippen molar-refractivity contribution in [3.8, 4) is 11.8 Å². The third kappa shape index (κ3) is 2.94. The van der Waals surface area contributed by atoms with Crippen LogP contribution in [0.5, 0.6) is 0 Å². The van der Waals surface area contributed by atoms with Crippen molar-refractivity contribution in [1.82, 2.24) is 0 Å². The summed E-state index contributed by atoms with van der Waals surface area (Å²) in [5.41, 5.74) is -0.0599. The van der Waals surface area contributed by atoms with Crippen LogP contribution in [0, 0.1) is 23.5 Å². The predicted octanol–water partition coefficient (Wildman–Crippen LogP) is 2.53. The summed E-state index contributed by atoms with van der Waals surface area (Å²) >= 11 is 5.34. The number of ether oxygens (including phenoxy) is 1. The number of esters is 1. The standard InChI is InChI=1S/C11H7ClF2O2/c1-16-9(15)4-2-3-7-5-6-8(13)10(12)11(7)14/h5-6H,4H2,1H3. The molecule has 0 unspecified atom stereocenters. The Balaban J connectivity index is 2.90.